The summed E-state index contributed by atoms with van der Waals surface area (Å²) in [4.78, 5) is 25.9. The van der Waals surface area contributed by atoms with Gasteiger partial charge >= 0.3 is 6.09 Å². The molecule has 6 heteroatoms. The van der Waals surface area contributed by atoms with Gasteiger partial charge in [-0.15, -0.1) is 0 Å². The number of hydrogen-bond acceptors (Lipinski definition) is 4. The Balaban J connectivity index is 2.12. The van der Waals surface area contributed by atoms with Crippen molar-refractivity contribution in [2.24, 2.45) is 5.92 Å². The van der Waals surface area contributed by atoms with Crippen LogP contribution < -0.4 is 10.6 Å². The van der Waals surface area contributed by atoms with Crippen molar-refractivity contribution >= 4 is 12.0 Å². The number of amides is 2. The molecular weight excluding hydrogens is 452 g/mol. The number of rotatable bonds is 12. The number of alkyl carbamates (subject to hydrolysis) is 1. The lowest BCUT2D eigenvalue weighted by molar-refractivity contribution is -0.125. The molecule has 0 saturated heterocycles. The standard InChI is InChI=1S/C30H42N2O4/c1-21(2)17-25(27(33)19-22(3)18-23-13-9-7-10-14-23)31-28(34)26(20-24-15-11-8-12-16-24)32-29(35)36-30(4,5)6/h7-16,21,25-27,33H,3,17-20H2,1-2,4-6H3,(H,31,34)(H,32,35)/t25-,26-,27-/m0/s1. The summed E-state index contributed by atoms with van der Waals surface area (Å²) < 4.78 is 5.39. The fraction of sp³-hybridized carbons (Fsp3) is 0.467. The minimum Gasteiger partial charge on any atom is -0.444 e. The zero-order valence-corrected chi connectivity index (χ0v) is 22.3. The van der Waals surface area contributed by atoms with E-state index in [4.69, 9.17) is 4.74 Å². The monoisotopic (exact) mass is 494 g/mol. The Kier molecular flexibility index (Phi) is 11.2. The Morgan fingerprint density at radius 3 is 2.03 bits per heavy atom. The van der Waals surface area contributed by atoms with Gasteiger partial charge in [0.25, 0.3) is 0 Å². The number of ether oxygens (including phenoxy) is 1. The van der Waals surface area contributed by atoms with Gasteiger partial charge in [-0.25, -0.2) is 4.79 Å². The quantitative estimate of drug-likeness (QED) is 0.354. The molecule has 0 aliphatic rings. The first-order valence-electron chi connectivity index (χ1n) is 12.7. The fourth-order valence-corrected chi connectivity index (χ4v) is 4.01. The largest absolute Gasteiger partial charge is 0.444 e. The first kappa shape index (κ1) is 29.1. The Morgan fingerprint density at radius 1 is 0.944 bits per heavy atom. The lowest BCUT2D eigenvalue weighted by Gasteiger charge is -2.29. The predicted molar refractivity (Wildman–Crippen MR) is 145 cm³/mol. The summed E-state index contributed by atoms with van der Waals surface area (Å²) in [5, 5.41) is 16.8. The van der Waals surface area contributed by atoms with Crippen molar-refractivity contribution in [1.29, 1.82) is 0 Å². The maximum Gasteiger partial charge on any atom is 0.408 e. The van der Waals surface area contributed by atoms with Crippen molar-refractivity contribution in [3.05, 3.63) is 83.9 Å². The van der Waals surface area contributed by atoms with Crippen LogP contribution in [0.5, 0.6) is 0 Å². The molecule has 2 aromatic rings. The van der Waals surface area contributed by atoms with E-state index >= 15 is 0 Å². The van der Waals surface area contributed by atoms with Gasteiger partial charge in [-0.1, -0.05) is 86.7 Å². The average Bonchev–Trinajstić information content (AvgIpc) is 2.78. The number of nitrogens with one attached hydrogen (secondary N) is 2. The van der Waals surface area contributed by atoms with Crippen molar-refractivity contribution in [2.45, 2.75) is 84.1 Å². The van der Waals surface area contributed by atoms with Gasteiger partial charge in [0.05, 0.1) is 12.1 Å². The molecule has 0 saturated carbocycles. The van der Waals surface area contributed by atoms with E-state index in [2.05, 4.69) is 17.2 Å². The topological polar surface area (TPSA) is 87.7 Å². The van der Waals surface area contributed by atoms with E-state index in [1.54, 1.807) is 20.8 Å². The van der Waals surface area contributed by atoms with Crippen molar-refractivity contribution in [2.75, 3.05) is 0 Å². The van der Waals surface area contributed by atoms with E-state index in [1.165, 1.54) is 0 Å². The van der Waals surface area contributed by atoms with Crippen LogP contribution in [0.3, 0.4) is 0 Å². The molecule has 0 bridgehead atoms. The summed E-state index contributed by atoms with van der Waals surface area (Å²) >= 11 is 0. The van der Waals surface area contributed by atoms with Gasteiger partial charge < -0.3 is 20.5 Å². The highest BCUT2D eigenvalue weighted by atomic mass is 16.6. The van der Waals surface area contributed by atoms with Gasteiger partial charge in [0.1, 0.15) is 11.6 Å². The molecule has 0 aromatic heterocycles. The van der Waals surface area contributed by atoms with Gasteiger partial charge in [-0.05, 0) is 57.1 Å². The molecule has 0 radical (unpaired) electrons. The molecule has 0 aliphatic carbocycles. The second-order valence-corrected chi connectivity index (χ2v) is 10.8. The molecule has 0 spiro atoms. The summed E-state index contributed by atoms with van der Waals surface area (Å²) in [6.07, 6.45) is 0.474. The Morgan fingerprint density at radius 2 is 1.50 bits per heavy atom. The van der Waals surface area contributed by atoms with Crippen LogP contribution in [-0.4, -0.2) is 40.9 Å². The van der Waals surface area contributed by atoms with E-state index < -0.39 is 29.9 Å². The summed E-state index contributed by atoms with van der Waals surface area (Å²) in [6.45, 7) is 13.6. The second-order valence-electron chi connectivity index (χ2n) is 10.8. The molecule has 0 fully saturated rings. The first-order valence-corrected chi connectivity index (χ1v) is 12.7. The fourth-order valence-electron chi connectivity index (χ4n) is 4.01. The van der Waals surface area contributed by atoms with Crippen LogP contribution in [0.1, 0.15) is 58.6 Å². The number of carbonyl (C=O) groups excluding carboxylic acids is 2. The predicted octanol–water partition coefficient (Wildman–Crippen LogP) is 5.20. The van der Waals surface area contributed by atoms with Crippen molar-refractivity contribution in [3.63, 3.8) is 0 Å². The highest BCUT2D eigenvalue weighted by molar-refractivity contribution is 5.86. The van der Waals surface area contributed by atoms with E-state index in [1.807, 2.05) is 74.5 Å². The molecule has 36 heavy (non-hydrogen) atoms. The van der Waals surface area contributed by atoms with E-state index in [-0.39, 0.29) is 11.8 Å². The first-order chi connectivity index (χ1) is 16.9. The molecule has 6 nitrogen and oxygen atoms in total. The Hall–Kier alpha value is -3.12. The zero-order valence-electron chi connectivity index (χ0n) is 22.3. The van der Waals surface area contributed by atoms with Crippen LogP contribution in [0.15, 0.2) is 72.8 Å². The lowest BCUT2D eigenvalue weighted by atomic mass is 9.92. The Labute approximate surface area is 216 Å². The molecular formula is C30H42N2O4. The van der Waals surface area contributed by atoms with Crippen LogP contribution in [0.25, 0.3) is 0 Å². The van der Waals surface area contributed by atoms with E-state index in [0.29, 0.717) is 25.7 Å². The summed E-state index contributed by atoms with van der Waals surface area (Å²) in [7, 11) is 0. The third-order valence-corrected chi connectivity index (χ3v) is 5.60. The minimum atomic E-state index is -0.850. The third-order valence-electron chi connectivity index (χ3n) is 5.60. The van der Waals surface area contributed by atoms with Crippen LogP contribution in [0, 0.1) is 5.92 Å². The van der Waals surface area contributed by atoms with Gasteiger partial charge in [-0.2, -0.15) is 0 Å². The highest BCUT2D eigenvalue weighted by Gasteiger charge is 2.29. The number of aliphatic hydroxyl groups is 1. The van der Waals surface area contributed by atoms with Crippen LogP contribution in [-0.2, 0) is 22.4 Å². The second kappa shape index (κ2) is 13.8. The SMILES string of the molecule is C=C(Cc1ccccc1)C[C@H](O)[C@H](CC(C)C)NC(=O)[C@H](Cc1ccccc1)NC(=O)OC(C)(C)C. The molecule has 0 aliphatic heterocycles. The molecule has 3 N–H and O–H groups in total. The normalized spacial score (nSPS) is 14.0. The maximum atomic E-state index is 13.4. The molecule has 2 rings (SSSR count). The summed E-state index contributed by atoms with van der Waals surface area (Å²) in [5.74, 6) is -0.109. The number of aliphatic hydroxyl groups excluding tert-OH is 1. The van der Waals surface area contributed by atoms with Gasteiger partial charge in [-0.3, -0.25) is 4.79 Å². The van der Waals surface area contributed by atoms with Crippen molar-refractivity contribution < 1.29 is 19.4 Å². The van der Waals surface area contributed by atoms with Crippen LogP contribution >= 0.6 is 0 Å². The maximum absolute atomic E-state index is 13.4. The lowest BCUT2D eigenvalue weighted by Crippen LogP contribution is -2.54. The van der Waals surface area contributed by atoms with Crippen LogP contribution in [0.4, 0.5) is 4.79 Å². The molecule has 3 atom stereocenters. The van der Waals surface area contributed by atoms with E-state index in [0.717, 1.165) is 16.7 Å². The molecule has 0 unspecified atom stereocenters. The van der Waals surface area contributed by atoms with Crippen LogP contribution in [0.2, 0.25) is 0 Å². The number of carbonyl (C=O) groups is 2. The summed E-state index contributed by atoms with van der Waals surface area (Å²) in [5.41, 5.74) is 2.24. The van der Waals surface area contributed by atoms with Gasteiger partial charge in [0, 0.05) is 6.42 Å². The Bertz CT molecular complexity index is 967. The van der Waals surface area contributed by atoms with Gasteiger partial charge in [0.2, 0.25) is 5.91 Å². The molecule has 196 valence electrons. The number of benzene rings is 2. The zero-order chi connectivity index (χ0) is 26.7. The van der Waals surface area contributed by atoms with E-state index in [9.17, 15) is 14.7 Å². The molecule has 2 aromatic carbocycles. The minimum absolute atomic E-state index is 0.249. The molecule has 0 heterocycles. The summed E-state index contributed by atoms with van der Waals surface area (Å²) in [6, 6.07) is 18.1. The van der Waals surface area contributed by atoms with Gasteiger partial charge in [0.15, 0.2) is 0 Å². The smallest absolute Gasteiger partial charge is 0.408 e. The van der Waals surface area contributed by atoms with Crippen molar-refractivity contribution in [3.8, 4) is 0 Å². The number of hydrogen-bond donors (Lipinski definition) is 3. The third kappa shape index (κ3) is 11.1. The van der Waals surface area contributed by atoms with Crippen molar-refractivity contribution in [1.82, 2.24) is 10.6 Å². The highest BCUT2D eigenvalue weighted by Crippen LogP contribution is 2.18. The molecule has 2 amide bonds. The average molecular weight is 495 g/mol.